The van der Waals surface area contributed by atoms with Crippen LogP contribution in [-0.2, 0) is 4.79 Å². The van der Waals surface area contributed by atoms with Gasteiger partial charge in [0.15, 0.2) is 5.78 Å². The Morgan fingerprint density at radius 2 is 1.60 bits per heavy atom. The summed E-state index contributed by atoms with van der Waals surface area (Å²) in [5.74, 6) is 1.30. The molecule has 0 amide bonds. The fourth-order valence-corrected chi connectivity index (χ4v) is 1.61. The van der Waals surface area contributed by atoms with Gasteiger partial charge in [0, 0.05) is 52.2 Å². The van der Waals surface area contributed by atoms with E-state index in [0.717, 1.165) is 0 Å². The Labute approximate surface area is 179 Å². The standard InChI is InChI=1S/C8H7N3O.C7H10N4.C4H8O.2CH4/c1-6(12)7-5-10-8-9-3-2-4-11(7)8;1-11(2)6-10-7-8-4-3-5-9-7;1-3-4(2)5;;/h2-5H,1H3;3-6H,1-2H3;3H2,1-2H3;2*1H4. The summed E-state index contributed by atoms with van der Waals surface area (Å²) in [4.78, 5) is 42.4. The molecule has 3 rings (SSSR count). The monoisotopic (exact) mass is 415 g/mol. The first-order valence-corrected chi connectivity index (χ1v) is 8.61. The summed E-state index contributed by atoms with van der Waals surface area (Å²) in [7, 11) is 3.79. The minimum Gasteiger partial charge on any atom is -0.369 e. The van der Waals surface area contributed by atoms with Gasteiger partial charge in [0.05, 0.1) is 12.5 Å². The van der Waals surface area contributed by atoms with E-state index in [0.29, 0.717) is 23.8 Å². The second-order valence-electron chi connectivity index (χ2n) is 5.80. The Bertz CT molecular complexity index is 906. The van der Waals surface area contributed by atoms with Gasteiger partial charge in [-0.3, -0.25) is 9.20 Å². The molecule has 0 aliphatic carbocycles. The highest BCUT2D eigenvalue weighted by Crippen LogP contribution is 2.03. The largest absolute Gasteiger partial charge is 0.369 e. The minimum atomic E-state index is -0.00417. The molecule has 0 N–H and O–H groups in total. The van der Waals surface area contributed by atoms with Gasteiger partial charge in [0.1, 0.15) is 11.5 Å². The van der Waals surface area contributed by atoms with Gasteiger partial charge in [-0.1, -0.05) is 21.8 Å². The van der Waals surface area contributed by atoms with E-state index in [1.807, 2.05) is 25.9 Å². The number of hydrogen-bond acceptors (Lipinski definition) is 7. The van der Waals surface area contributed by atoms with Crippen molar-refractivity contribution in [1.82, 2.24) is 29.2 Å². The van der Waals surface area contributed by atoms with Crippen molar-refractivity contribution in [3.05, 3.63) is 48.8 Å². The fourth-order valence-electron chi connectivity index (χ4n) is 1.61. The maximum absolute atomic E-state index is 11.0. The Morgan fingerprint density at radius 1 is 1.03 bits per heavy atom. The molecule has 9 nitrogen and oxygen atoms in total. The number of nitrogens with zero attached hydrogens (tertiary/aromatic N) is 7. The summed E-state index contributed by atoms with van der Waals surface area (Å²) >= 11 is 0. The average molecular weight is 416 g/mol. The zero-order chi connectivity index (χ0) is 20.9. The quantitative estimate of drug-likeness (QED) is 0.361. The molecule has 0 atom stereocenters. The topological polar surface area (TPSA) is 106 Å². The number of hydrogen-bond donors (Lipinski definition) is 0. The predicted octanol–water partition coefficient (Wildman–Crippen LogP) is 3.89. The molecule has 0 radical (unpaired) electrons. The normalized spacial score (nSPS) is 9.23. The van der Waals surface area contributed by atoms with Crippen LogP contribution < -0.4 is 0 Å². The van der Waals surface area contributed by atoms with Gasteiger partial charge in [0.2, 0.25) is 5.78 Å². The third-order valence-electron chi connectivity index (χ3n) is 3.10. The van der Waals surface area contributed by atoms with E-state index in [2.05, 4.69) is 24.9 Å². The van der Waals surface area contributed by atoms with Crippen LogP contribution in [0.5, 0.6) is 0 Å². The molecular formula is C21H33N7O2. The lowest BCUT2D eigenvalue weighted by Crippen LogP contribution is -2.07. The molecule has 3 aromatic heterocycles. The van der Waals surface area contributed by atoms with Crippen LogP contribution in [-0.4, -0.2) is 61.2 Å². The van der Waals surface area contributed by atoms with Gasteiger partial charge in [-0.05, 0) is 19.1 Å². The molecule has 0 bridgehead atoms. The number of ketones is 2. The lowest BCUT2D eigenvalue weighted by atomic mass is 10.3. The number of aromatic nitrogens is 5. The number of fused-ring (bicyclic) bond motifs is 1. The van der Waals surface area contributed by atoms with Crippen molar-refractivity contribution in [3.8, 4) is 0 Å². The zero-order valence-electron chi connectivity index (χ0n) is 16.8. The van der Waals surface area contributed by atoms with Crippen molar-refractivity contribution in [2.75, 3.05) is 14.1 Å². The SMILES string of the molecule is C.C.CC(=O)c1cnc2ncccn12.CCC(C)=O.CN(C)C=Nc1ncccn1. The van der Waals surface area contributed by atoms with E-state index >= 15 is 0 Å². The smallest absolute Gasteiger partial charge is 0.250 e. The molecule has 0 saturated heterocycles. The second-order valence-corrected chi connectivity index (χ2v) is 5.80. The number of carbonyl (C=O) groups excluding carboxylic acids is 2. The van der Waals surface area contributed by atoms with E-state index < -0.39 is 0 Å². The Morgan fingerprint density at radius 3 is 2.10 bits per heavy atom. The van der Waals surface area contributed by atoms with Gasteiger partial charge in [-0.2, -0.15) is 0 Å². The van der Waals surface area contributed by atoms with Crippen LogP contribution in [0.1, 0.15) is 52.5 Å². The maximum Gasteiger partial charge on any atom is 0.250 e. The molecule has 9 heteroatoms. The molecule has 0 fully saturated rings. The summed E-state index contributed by atoms with van der Waals surface area (Å²) in [5, 5.41) is 0. The van der Waals surface area contributed by atoms with E-state index in [1.165, 1.54) is 13.1 Å². The van der Waals surface area contributed by atoms with Crippen LogP contribution in [0, 0.1) is 0 Å². The van der Waals surface area contributed by atoms with E-state index in [9.17, 15) is 9.59 Å². The van der Waals surface area contributed by atoms with Crippen LogP contribution >= 0.6 is 0 Å². The number of carbonyl (C=O) groups is 2. The number of imidazole rings is 1. The van der Waals surface area contributed by atoms with Crippen molar-refractivity contribution >= 4 is 29.6 Å². The molecule has 3 aromatic rings. The lowest BCUT2D eigenvalue weighted by Gasteiger charge is -2.00. The number of aliphatic imine (C=N–C) groups is 1. The first-order valence-electron chi connectivity index (χ1n) is 8.61. The van der Waals surface area contributed by atoms with Crippen molar-refractivity contribution in [2.24, 2.45) is 4.99 Å². The first-order chi connectivity index (χ1) is 13.3. The molecule has 0 spiro atoms. The maximum atomic E-state index is 11.0. The molecule has 0 aliphatic rings. The van der Waals surface area contributed by atoms with Crippen molar-refractivity contribution < 1.29 is 9.59 Å². The van der Waals surface area contributed by atoms with Crippen LogP contribution in [0.25, 0.3) is 5.78 Å². The van der Waals surface area contributed by atoms with Gasteiger partial charge >= 0.3 is 0 Å². The first kappa shape index (κ1) is 28.7. The average Bonchev–Trinajstić information content (AvgIpc) is 3.12. The van der Waals surface area contributed by atoms with Crippen LogP contribution in [0.4, 0.5) is 5.95 Å². The van der Waals surface area contributed by atoms with E-state index in [-0.39, 0.29) is 26.4 Å². The summed E-state index contributed by atoms with van der Waals surface area (Å²) in [5.41, 5.74) is 0.568. The predicted molar refractivity (Wildman–Crippen MR) is 121 cm³/mol. The molecule has 0 unspecified atom stereocenters. The number of rotatable bonds is 4. The third-order valence-corrected chi connectivity index (χ3v) is 3.10. The molecule has 0 saturated carbocycles. The molecule has 0 aliphatic heterocycles. The van der Waals surface area contributed by atoms with Gasteiger partial charge in [-0.25, -0.2) is 24.9 Å². The van der Waals surface area contributed by atoms with Crippen molar-refractivity contribution in [1.29, 1.82) is 0 Å². The third kappa shape index (κ3) is 10.7. The minimum absolute atomic E-state index is 0. The molecular weight excluding hydrogens is 382 g/mol. The van der Waals surface area contributed by atoms with Gasteiger partial charge in [-0.15, -0.1) is 0 Å². The summed E-state index contributed by atoms with van der Waals surface area (Å²) in [6, 6.07) is 3.52. The van der Waals surface area contributed by atoms with E-state index in [1.54, 1.807) is 54.6 Å². The van der Waals surface area contributed by atoms with Crippen molar-refractivity contribution in [2.45, 2.75) is 42.0 Å². The summed E-state index contributed by atoms with van der Waals surface area (Å²) in [6.07, 6.45) is 10.6. The molecule has 0 aromatic carbocycles. The van der Waals surface area contributed by atoms with Crippen molar-refractivity contribution in [3.63, 3.8) is 0 Å². The Hall–Kier alpha value is -3.49. The fraction of sp³-hybridized carbons (Fsp3) is 0.381. The molecule has 30 heavy (non-hydrogen) atoms. The second kappa shape index (κ2) is 15.4. The van der Waals surface area contributed by atoms with Crippen LogP contribution in [0.3, 0.4) is 0 Å². The highest BCUT2D eigenvalue weighted by Gasteiger charge is 2.06. The zero-order valence-corrected chi connectivity index (χ0v) is 16.8. The summed E-state index contributed by atoms with van der Waals surface area (Å²) < 4.78 is 1.67. The van der Waals surface area contributed by atoms with Crippen LogP contribution in [0.2, 0.25) is 0 Å². The Balaban J connectivity index is 0. The molecule has 164 valence electrons. The highest BCUT2D eigenvalue weighted by molar-refractivity contribution is 5.92. The van der Waals surface area contributed by atoms with E-state index in [4.69, 9.17) is 0 Å². The molecule has 3 heterocycles. The van der Waals surface area contributed by atoms with Gasteiger partial charge in [0.25, 0.3) is 5.95 Å². The highest BCUT2D eigenvalue weighted by atomic mass is 16.1. The van der Waals surface area contributed by atoms with Crippen LogP contribution in [0.15, 0.2) is 48.1 Å². The lowest BCUT2D eigenvalue weighted by molar-refractivity contribution is -0.116. The number of Topliss-reactive ketones (excluding diaryl/α,β-unsaturated/α-hetero) is 2. The Kier molecular flexibility index (Phi) is 14.8. The van der Waals surface area contributed by atoms with Gasteiger partial charge < -0.3 is 9.69 Å². The summed E-state index contributed by atoms with van der Waals surface area (Å²) in [6.45, 7) is 4.94.